The minimum absolute atomic E-state index is 0.447. The summed E-state index contributed by atoms with van der Waals surface area (Å²) in [5.41, 5.74) is 1.40. The minimum atomic E-state index is 0.447. The fourth-order valence-electron chi connectivity index (χ4n) is 3.60. The maximum Gasteiger partial charge on any atom is 0.0702 e. The van der Waals surface area contributed by atoms with Crippen molar-refractivity contribution in [3.8, 4) is 0 Å². The first-order valence-corrected chi connectivity index (χ1v) is 8.50. The average Bonchev–Trinajstić information content (AvgIpc) is 2.56. The summed E-state index contributed by atoms with van der Waals surface area (Å²) in [5.74, 6) is 0. The van der Waals surface area contributed by atoms with Gasteiger partial charge in [0, 0.05) is 38.3 Å². The predicted octanol–water partition coefficient (Wildman–Crippen LogP) is 2.98. The molecule has 1 aromatic rings. The van der Waals surface area contributed by atoms with Crippen molar-refractivity contribution in [2.24, 2.45) is 0 Å². The molecule has 2 aliphatic heterocycles. The second-order valence-electron chi connectivity index (χ2n) is 6.38. The Morgan fingerprint density at radius 3 is 2.81 bits per heavy atom. The van der Waals surface area contributed by atoms with E-state index in [1.807, 2.05) is 0 Å². The highest BCUT2D eigenvalue weighted by Crippen LogP contribution is 2.23. The van der Waals surface area contributed by atoms with Crippen LogP contribution in [0.3, 0.4) is 0 Å². The van der Waals surface area contributed by atoms with E-state index in [-0.39, 0.29) is 0 Å². The Morgan fingerprint density at radius 2 is 2.10 bits per heavy atom. The molecule has 21 heavy (non-hydrogen) atoms. The van der Waals surface area contributed by atoms with Crippen LogP contribution in [0.5, 0.6) is 0 Å². The van der Waals surface area contributed by atoms with Crippen molar-refractivity contribution >= 4 is 0 Å². The van der Waals surface area contributed by atoms with Gasteiger partial charge in [-0.25, -0.2) is 0 Å². The fourth-order valence-corrected chi connectivity index (χ4v) is 3.60. The van der Waals surface area contributed by atoms with Crippen LogP contribution >= 0.6 is 0 Å². The van der Waals surface area contributed by atoms with Gasteiger partial charge < -0.3 is 10.1 Å². The van der Waals surface area contributed by atoms with Gasteiger partial charge in [0.2, 0.25) is 0 Å². The highest BCUT2D eigenvalue weighted by Gasteiger charge is 2.29. The van der Waals surface area contributed by atoms with Crippen molar-refractivity contribution in [1.29, 1.82) is 0 Å². The van der Waals surface area contributed by atoms with Gasteiger partial charge in [-0.3, -0.25) is 4.90 Å². The van der Waals surface area contributed by atoms with Gasteiger partial charge in [-0.15, -0.1) is 0 Å². The molecule has 0 spiro atoms. The third-order valence-corrected chi connectivity index (χ3v) is 4.92. The van der Waals surface area contributed by atoms with E-state index in [9.17, 15) is 0 Å². The van der Waals surface area contributed by atoms with Crippen LogP contribution in [0, 0.1) is 0 Å². The van der Waals surface area contributed by atoms with Crippen LogP contribution in [-0.2, 0) is 4.74 Å². The first kappa shape index (κ1) is 15.0. The van der Waals surface area contributed by atoms with E-state index >= 15 is 0 Å². The van der Waals surface area contributed by atoms with Gasteiger partial charge in [-0.1, -0.05) is 37.3 Å². The molecule has 1 N–H and O–H groups in total. The summed E-state index contributed by atoms with van der Waals surface area (Å²) in [5, 5.41) is 3.72. The van der Waals surface area contributed by atoms with E-state index < -0.39 is 0 Å². The van der Waals surface area contributed by atoms with Crippen molar-refractivity contribution < 1.29 is 4.74 Å². The van der Waals surface area contributed by atoms with Crippen LogP contribution in [0.15, 0.2) is 30.3 Å². The van der Waals surface area contributed by atoms with E-state index in [0.29, 0.717) is 18.2 Å². The molecule has 2 fully saturated rings. The zero-order valence-corrected chi connectivity index (χ0v) is 13.1. The largest absolute Gasteiger partial charge is 0.377 e. The lowest BCUT2D eigenvalue weighted by Gasteiger charge is -2.42. The number of nitrogens with one attached hydrogen (secondary N) is 1. The van der Waals surface area contributed by atoms with Crippen LogP contribution in [-0.4, -0.2) is 43.3 Å². The van der Waals surface area contributed by atoms with Gasteiger partial charge in [0.1, 0.15) is 0 Å². The van der Waals surface area contributed by atoms with E-state index in [2.05, 4.69) is 47.5 Å². The molecule has 116 valence electrons. The Morgan fingerprint density at radius 1 is 1.24 bits per heavy atom. The smallest absolute Gasteiger partial charge is 0.0702 e. The topological polar surface area (TPSA) is 24.5 Å². The quantitative estimate of drug-likeness (QED) is 0.922. The number of rotatable bonds is 4. The summed E-state index contributed by atoms with van der Waals surface area (Å²) >= 11 is 0. The average molecular weight is 288 g/mol. The normalized spacial score (nSPS) is 31.2. The molecule has 3 rings (SSSR count). The lowest BCUT2D eigenvalue weighted by atomic mass is 9.99. The van der Waals surface area contributed by atoms with Crippen LogP contribution in [0.4, 0.5) is 0 Å². The molecule has 0 aromatic heterocycles. The van der Waals surface area contributed by atoms with Gasteiger partial charge in [0.25, 0.3) is 0 Å². The van der Waals surface area contributed by atoms with Gasteiger partial charge in [0.15, 0.2) is 0 Å². The highest BCUT2D eigenvalue weighted by atomic mass is 16.5. The molecule has 0 aliphatic carbocycles. The summed E-state index contributed by atoms with van der Waals surface area (Å²) in [6.45, 7) is 6.54. The molecular formula is C18H28N2O. The van der Waals surface area contributed by atoms with E-state index in [0.717, 1.165) is 26.2 Å². The Bertz CT molecular complexity index is 416. The molecule has 0 amide bonds. The van der Waals surface area contributed by atoms with Crippen molar-refractivity contribution in [2.75, 3.05) is 26.2 Å². The summed E-state index contributed by atoms with van der Waals surface area (Å²) in [6.07, 6.45) is 5.46. The molecule has 2 saturated heterocycles. The summed E-state index contributed by atoms with van der Waals surface area (Å²) in [4.78, 5) is 2.66. The lowest BCUT2D eigenvalue weighted by molar-refractivity contribution is -0.0218. The molecule has 0 saturated carbocycles. The van der Waals surface area contributed by atoms with Crippen LogP contribution in [0.25, 0.3) is 0 Å². The molecular weight excluding hydrogens is 260 g/mol. The standard InChI is InChI=1S/C18H28N2O/c1-2-16-12-19-18(15-8-4-3-5-9-15)14-20(16)13-17-10-6-7-11-21-17/h3-5,8-9,16-19H,2,6-7,10-14H2,1H3. The monoisotopic (exact) mass is 288 g/mol. The maximum absolute atomic E-state index is 5.95. The molecule has 3 unspecified atom stereocenters. The van der Waals surface area contributed by atoms with Crippen LogP contribution in [0.2, 0.25) is 0 Å². The van der Waals surface area contributed by atoms with Crippen LogP contribution in [0.1, 0.15) is 44.2 Å². The van der Waals surface area contributed by atoms with Crippen molar-refractivity contribution in [3.63, 3.8) is 0 Å². The molecule has 2 aliphatic rings. The molecule has 3 atom stereocenters. The summed E-state index contributed by atoms with van der Waals surface area (Å²) in [6, 6.07) is 11.9. The van der Waals surface area contributed by atoms with Crippen molar-refractivity contribution in [2.45, 2.75) is 50.8 Å². The molecule has 2 heterocycles. The Kier molecular flexibility index (Phi) is 5.28. The second-order valence-corrected chi connectivity index (χ2v) is 6.38. The first-order valence-electron chi connectivity index (χ1n) is 8.50. The highest BCUT2D eigenvalue weighted by molar-refractivity contribution is 5.20. The molecule has 1 aromatic carbocycles. The number of piperazine rings is 1. The SMILES string of the molecule is CCC1CNC(c2ccccc2)CN1CC1CCCCO1. The first-order chi connectivity index (χ1) is 10.4. The number of nitrogens with zero attached hydrogens (tertiary/aromatic N) is 1. The van der Waals surface area contributed by atoms with Gasteiger partial charge in [-0.05, 0) is 31.2 Å². The second kappa shape index (κ2) is 7.39. The van der Waals surface area contributed by atoms with Gasteiger partial charge >= 0.3 is 0 Å². The zero-order valence-electron chi connectivity index (χ0n) is 13.1. The number of hydrogen-bond acceptors (Lipinski definition) is 3. The third-order valence-electron chi connectivity index (χ3n) is 4.92. The molecule has 0 bridgehead atoms. The molecule has 3 heteroatoms. The summed E-state index contributed by atoms with van der Waals surface area (Å²) < 4.78 is 5.95. The maximum atomic E-state index is 5.95. The molecule has 3 nitrogen and oxygen atoms in total. The molecule has 0 radical (unpaired) electrons. The van der Waals surface area contributed by atoms with E-state index in [4.69, 9.17) is 4.74 Å². The van der Waals surface area contributed by atoms with Crippen molar-refractivity contribution in [3.05, 3.63) is 35.9 Å². The van der Waals surface area contributed by atoms with E-state index in [1.165, 1.54) is 31.2 Å². The number of ether oxygens (including phenoxy) is 1. The fraction of sp³-hybridized carbons (Fsp3) is 0.667. The Hall–Kier alpha value is -0.900. The van der Waals surface area contributed by atoms with Gasteiger partial charge in [-0.2, -0.15) is 0 Å². The summed E-state index contributed by atoms with van der Waals surface area (Å²) in [7, 11) is 0. The Labute approximate surface area is 128 Å². The van der Waals surface area contributed by atoms with Crippen LogP contribution < -0.4 is 5.32 Å². The lowest BCUT2D eigenvalue weighted by Crippen LogP contribution is -2.54. The van der Waals surface area contributed by atoms with Crippen molar-refractivity contribution in [1.82, 2.24) is 10.2 Å². The minimum Gasteiger partial charge on any atom is -0.377 e. The van der Waals surface area contributed by atoms with E-state index in [1.54, 1.807) is 0 Å². The number of hydrogen-bond donors (Lipinski definition) is 1. The zero-order chi connectivity index (χ0) is 14.5. The third kappa shape index (κ3) is 3.85. The Balaban J connectivity index is 1.64. The van der Waals surface area contributed by atoms with Gasteiger partial charge in [0.05, 0.1) is 6.10 Å². The predicted molar refractivity (Wildman–Crippen MR) is 86.4 cm³/mol. The number of benzene rings is 1.